The normalized spacial score (nSPS) is 15.1. The third kappa shape index (κ3) is 5.63. The van der Waals surface area contributed by atoms with E-state index in [0.29, 0.717) is 16.9 Å². The van der Waals surface area contributed by atoms with Gasteiger partial charge >= 0.3 is 11.9 Å². The van der Waals surface area contributed by atoms with E-state index in [1.165, 1.54) is 24.3 Å². The van der Waals surface area contributed by atoms with Gasteiger partial charge in [0.05, 0.1) is 11.5 Å². The van der Waals surface area contributed by atoms with Crippen molar-refractivity contribution in [3.63, 3.8) is 0 Å². The fraction of sp³-hybridized carbons (Fsp3) is 0.214. The molecule has 1 aliphatic heterocycles. The Balaban J connectivity index is 1.29. The van der Waals surface area contributed by atoms with Crippen LogP contribution in [-0.2, 0) is 14.3 Å². The third-order valence-corrected chi connectivity index (χ3v) is 6.00. The molecule has 0 unspecified atom stereocenters. The van der Waals surface area contributed by atoms with Gasteiger partial charge < -0.3 is 14.4 Å². The number of carbonyl (C=O) groups is 4. The van der Waals surface area contributed by atoms with Gasteiger partial charge in [0, 0.05) is 24.2 Å². The van der Waals surface area contributed by atoms with Crippen LogP contribution in [0, 0.1) is 19.8 Å². The lowest BCUT2D eigenvalue weighted by atomic mass is 10.1. The number of carbonyl (C=O) groups excluding carboxylic acids is 4. The first-order chi connectivity index (χ1) is 16.8. The average Bonchev–Trinajstić information content (AvgIpc) is 3.26. The number of Topliss-reactive ketones (excluding diaryl/α,β-unsaturated/α-hetero) is 1. The minimum atomic E-state index is -0.628. The lowest BCUT2D eigenvalue weighted by molar-refractivity contribution is -0.147. The molecule has 0 bridgehead atoms. The van der Waals surface area contributed by atoms with Crippen LogP contribution in [0.3, 0.4) is 0 Å². The van der Waals surface area contributed by atoms with Gasteiger partial charge in [-0.1, -0.05) is 24.3 Å². The molecule has 1 aliphatic rings. The maximum Gasteiger partial charge on any atom is 0.343 e. The molecule has 7 heteroatoms. The number of hydrogen-bond acceptors (Lipinski definition) is 6. The summed E-state index contributed by atoms with van der Waals surface area (Å²) < 4.78 is 10.5. The van der Waals surface area contributed by atoms with Gasteiger partial charge in [0.25, 0.3) is 0 Å². The summed E-state index contributed by atoms with van der Waals surface area (Å²) in [5.74, 6) is -1.96. The van der Waals surface area contributed by atoms with Gasteiger partial charge in [-0.25, -0.2) is 4.79 Å². The van der Waals surface area contributed by atoms with Crippen molar-refractivity contribution in [2.24, 2.45) is 5.92 Å². The van der Waals surface area contributed by atoms with Crippen LogP contribution < -0.4 is 9.64 Å². The van der Waals surface area contributed by atoms with E-state index < -0.39 is 30.2 Å². The Morgan fingerprint density at radius 3 is 2.29 bits per heavy atom. The van der Waals surface area contributed by atoms with Crippen molar-refractivity contribution in [2.45, 2.75) is 20.3 Å². The van der Waals surface area contributed by atoms with Gasteiger partial charge in [0.2, 0.25) is 5.91 Å². The van der Waals surface area contributed by atoms with Crippen LogP contribution in [0.1, 0.15) is 38.3 Å². The van der Waals surface area contributed by atoms with Crippen molar-refractivity contribution in [1.29, 1.82) is 0 Å². The molecular weight excluding hydrogens is 446 g/mol. The first-order valence-corrected chi connectivity index (χ1v) is 11.3. The lowest BCUT2D eigenvalue weighted by Crippen LogP contribution is -2.27. The highest BCUT2D eigenvalue weighted by molar-refractivity contribution is 6.01. The number of benzene rings is 3. The molecule has 0 N–H and O–H groups in total. The molecule has 0 aliphatic carbocycles. The molecule has 0 saturated carbocycles. The standard InChI is InChI=1S/C28H25NO6/c1-18-8-11-23(14-19(18)2)29-16-22(15-26(29)31)27(32)34-17-25(30)20-9-12-24(13-10-20)35-28(33)21-6-4-3-5-7-21/h3-14,22H,15-17H2,1-2H3/t22-/m1/s1. The average molecular weight is 472 g/mol. The summed E-state index contributed by atoms with van der Waals surface area (Å²) in [4.78, 5) is 51.2. The predicted molar refractivity (Wildman–Crippen MR) is 130 cm³/mol. The minimum absolute atomic E-state index is 0.0431. The molecule has 7 nitrogen and oxygen atoms in total. The number of anilines is 1. The zero-order valence-electron chi connectivity index (χ0n) is 19.5. The number of esters is 2. The molecule has 35 heavy (non-hydrogen) atoms. The van der Waals surface area contributed by atoms with Crippen LogP contribution in [0.15, 0.2) is 72.8 Å². The lowest BCUT2D eigenvalue weighted by Gasteiger charge is -2.17. The Morgan fingerprint density at radius 1 is 0.886 bits per heavy atom. The molecule has 0 aromatic heterocycles. The molecule has 4 rings (SSSR count). The number of hydrogen-bond donors (Lipinski definition) is 0. The molecule has 3 aromatic rings. The maximum atomic E-state index is 12.5. The molecule has 178 valence electrons. The van der Waals surface area contributed by atoms with E-state index in [2.05, 4.69) is 0 Å². The van der Waals surface area contributed by atoms with Gasteiger partial charge in [0.1, 0.15) is 5.75 Å². The van der Waals surface area contributed by atoms with Crippen LogP contribution in [-0.4, -0.2) is 36.8 Å². The zero-order chi connectivity index (χ0) is 24.9. The largest absolute Gasteiger partial charge is 0.457 e. The van der Waals surface area contributed by atoms with Gasteiger partial charge in [-0.05, 0) is 73.5 Å². The van der Waals surface area contributed by atoms with Gasteiger partial charge in [-0.2, -0.15) is 0 Å². The third-order valence-electron chi connectivity index (χ3n) is 6.00. The van der Waals surface area contributed by atoms with Gasteiger partial charge in [-0.15, -0.1) is 0 Å². The number of nitrogens with zero attached hydrogens (tertiary/aromatic N) is 1. The fourth-order valence-electron chi connectivity index (χ4n) is 3.80. The number of amides is 1. The molecule has 1 amide bonds. The topological polar surface area (TPSA) is 90.0 Å². The Bertz CT molecular complexity index is 1270. The Morgan fingerprint density at radius 2 is 1.60 bits per heavy atom. The molecule has 0 spiro atoms. The van der Waals surface area contributed by atoms with Gasteiger partial charge in [0.15, 0.2) is 12.4 Å². The van der Waals surface area contributed by atoms with Crippen molar-refractivity contribution in [2.75, 3.05) is 18.1 Å². The molecule has 3 aromatic carbocycles. The summed E-state index contributed by atoms with van der Waals surface area (Å²) in [5.41, 5.74) is 3.67. The van der Waals surface area contributed by atoms with Crippen LogP contribution in [0.25, 0.3) is 0 Å². The highest BCUT2D eigenvalue weighted by Gasteiger charge is 2.36. The van der Waals surface area contributed by atoms with Crippen molar-refractivity contribution in [1.82, 2.24) is 0 Å². The molecular formula is C28H25NO6. The molecule has 1 saturated heterocycles. The molecule has 1 fully saturated rings. The van der Waals surface area contributed by atoms with Crippen molar-refractivity contribution < 1.29 is 28.7 Å². The van der Waals surface area contributed by atoms with Crippen molar-refractivity contribution >= 4 is 29.3 Å². The zero-order valence-corrected chi connectivity index (χ0v) is 19.5. The highest BCUT2D eigenvalue weighted by Crippen LogP contribution is 2.27. The first kappa shape index (κ1) is 23.9. The molecule has 0 radical (unpaired) electrons. The number of ether oxygens (including phenoxy) is 2. The van der Waals surface area contributed by atoms with Crippen LogP contribution >= 0.6 is 0 Å². The van der Waals surface area contributed by atoms with E-state index in [-0.39, 0.29) is 18.9 Å². The summed E-state index contributed by atoms with van der Waals surface area (Å²) in [5, 5.41) is 0. The van der Waals surface area contributed by atoms with E-state index in [4.69, 9.17) is 9.47 Å². The number of rotatable bonds is 7. The summed E-state index contributed by atoms with van der Waals surface area (Å²) in [7, 11) is 0. The summed E-state index contributed by atoms with van der Waals surface area (Å²) in [6.45, 7) is 3.75. The second kappa shape index (κ2) is 10.3. The van der Waals surface area contributed by atoms with E-state index in [1.54, 1.807) is 35.2 Å². The second-order valence-corrected chi connectivity index (χ2v) is 8.48. The van der Waals surface area contributed by atoms with Crippen molar-refractivity contribution in [3.8, 4) is 5.75 Å². The first-order valence-electron chi connectivity index (χ1n) is 11.3. The Labute approximate surface area is 203 Å². The fourth-order valence-corrected chi connectivity index (χ4v) is 3.80. The molecule has 1 heterocycles. The van der Waals surface area contributed by atoms with Crippen LogP contribution in [0.4, 0.5) is 5.69 Å². The predicted octanol–water partition coefficient (Wildman–Crippen LogP) is 4.30. The van der Waals surface area contributed by atoms with Crippen LogP contribution in [0.5, 0.6) is 5.75 Å². The number of aryl methyl sites for hydroxylation is 2. The summed E-state index contributed by atoms with van der Waals surface area (Å²) >= 11 is 0. The van der Waals surface area contributed by atoms with E-state index in [0.717, 1.165) is 16.8 Å². The quantitative estimate of drug-likeness (QED) is 0.290. The minimum Gasteiger partial charge on any atom is -0.457 e. The smallest absolute Gasteiger partial charge is 0.343 e. The summed E-state index contributed by atoms with van der Waals surface area (Å²) in [6, 6.07) is 20.3. The van der Waals surface area contributed by atoms with Crippen molar-refractivity contribution in [3.05, 3.63) is 95.1 Å². The Kier molecular flexibility index (Phi) is 7.06. The van der Waals surface area contributed by atoms with E-state index >= 15 is 0 Å². The second-order valence-electron chi connectivity index (χ2n) is 8.48. The molecule has 1 atom stereocenters. The monoisotopic (exact) mass is 471 g/mol. The summed E-state index contributed by atoms with van der Waals surface area (Å²) in [6.07, 6.45) is 0.0431. The number of ketones is 1. The van der Waals surface area contributed by atoms with Gasteiger partial charge in [-0.3, -0.25) is 14.4 Å². The Hall–Kier alpha value is -4.26. The van der Waals surface area contributed by atoms with E-state index in [9.17, 15) is 19.2 Å². The maximum absolute atomic E-state index is 12.5. The SMILES string of the molecule is Cc1ccc(N2C[C@H](C(=O)OCC(=O)c3ccc(OC(=O)c4ccccc4)cc3)CC2=O)cc1C. The highest BCUT2D eigenvalue weighted by atomic mass is 16.5. The van der Waals surface area contributed by atoms with Crippen LogP contribution in [0.2, 0.25) is 0 Å². The van der Waals surface area contributed by atoms with E-state index in [1.807, 2.05) is 32.0 Å².